The van der Waals surface area contributed by atoms with Gasteiger partial charge in [0.2, 0.25) is 0 Å². The molecule has 86 valence electrons. The zero-order valence-corrected chi connectivity index (χ0v) is 11.0. The van der Waals surface area contributed by atoms with Crippen LogP contribution in [0.5, 0.6) is 5.75 Å². The zero-order valence-electron chi connectivity index (χ0n) is 9.42. The molecule has 1 aromatic carbocycles. The van der Waals surface area contributed by atoms with Crippen molar-refractivity contribution in [3.8, 4) is 5.75 Å². The van der Waals surface area contributed by atoms with Crippen molar-refractivity contribution in [2.75, 3.05) is 13.7 Å². The van der Waals surface area contributed by atoms with Crippen molar-refractivity contribution in [1.29, 1.82) is 0 Å². The van der Waals surface area contributed by atoms with Gasteiger partial charge in [-0.25, -0.2) is 0 Å². The molecule has 1 aromatic rings. The second-order valence-corrected chi connectivity index (χ2v) is 5.18. The maximum atomic E-state index is 5.26. The molecule has 16 heavy (non-hydrogen) atoms. The standard InChI is InChI=1S/C13H16BrNO/c1-9(14)8-15-13-6-4-10-3-5-11(16-2)7-12(10)13/h3,5,7,13,15H,1,4,6,8H2,2H3. The molecule has 0 aromatic heterocycles. The summed E-state index contributed by atoms with van der Waals surface area (Å²) in [5, 5.41) is 3.49. The van der Waals surface area contributed by atoms with Crippen LogP contribution in [0.1, 0.15) is 23.6 Å². The smallest absolute Gasteiger partial charge is 0.119 e. The van der Waals surface area contributed by atoms with E-state index in [9.17, 15) is 0 Å². The van der Waals surface area contributed by atoms with Gasteiger partial charge >= 0.3 is 0 Å². The molecule has 0 bridgehead atoms. The number of benzene rings is 1. The van der Waals surface area contributed by atoms with Crippen molar-refractivity contribution < 1.29 is 4.74 Å². The van der Waals surface area contributed by atoms with E-state index in [0.717, 1.165) is 29.6 Å². The first-order chi connectivity index (χ1) is 7.70. The third kappa shape index (κ3) is 2.47. The van der Waals surface area contributed by atoms with Gasteiger partial charge in [-0.1, -0.05) is 28.6 Å². The lowest BCUT2D eigenvalue weighted by Crippen LogP contribution is -2.20. The van der Waals surface area contributed by atoms with Gasteiger partial charge in [0.25, 0.3) is 0 Å². The molecule has 0 spiro atoms. The Hall–Kier alpha value is -0.800. The Morgan fingerprint density at radius 1 is 1.62 bits per heavy atom. The monoisotopic (exact) mass is 281 g/mol. The number of methoxy groups -OCH3 is 1. The summed E-state index contributed by atoms with van der Waals surface area (Å²) < 4.78 is 6.25. The van der Waals surface area contributed by atoms with Crippen LogP contribution < -0.4 is 10.1 Å². The zero-order chi connectivity index (χ0) is 11.5. The second kappa shape index (κ2) is 5.02. The van der Waals surface area contributed by atoms with Crippen LogP contribution in [0.25, 0.3) is 0 Å². The van der Waals surface area contributed by atoms with E-state index in [-0.39, 0.29) is 0 Å². The molecule has 1 unspecified atom stereocenters. The normalized spacial score (nSPS) is 18.2. The summed E-state index contributed by atoms with van der Waals surface area (Å²) in [6.45, 7) is 4.64. The van der Waals surface area contributed by atoms with Gasteiger partial charge in [-0.05, 0) is 36.1 Å². The van der Waals surface area contributed by atoms with Crippen molar-refractivity contribution in [3.63, 3.8) is 0 Å². The predicted molar refractivity (Wildman–Crippen MR) is 70.1 cm³/mol. The van der Waals surface area contributed by atoms with Crippen LogP contribution >= 0.6 is 15.9 Å². The number of aryl methyl sites for hydroxylation is 1. The molecule has 2 nitrogen and oxygen atoms in total. The molecule has 0 saturated carbocycles. The highest BCUT2D eigenvalue weighted by Crippen LogP contribution is 2.33. The van der Waals surface area contributed by atoms with E-state index in [0.29, 0.717) is 6.04 Å². The van der Waals surface area contributed by atoms with Crippen LogP contribution in [0.4, 0.5) is 0 Å². The lowest BCUT2D eigenvalue weighted by Gasteiger charge is -2.14. The first-order valence-corrected chi connectivity index (χ1v) is 6.23. The van der Waals surface area contributed by atoms with Crippen molar-refractivity contribution >= 4 is 15.9 Å². The minimum atomic E-state index is 0.430. The van der Waals surface area contributed by atoms with Gasteiger partial charge in [0.15, 0.2) is 0 Å². The number of fused-ring (bicyclic) bond motifs is 1. The number of hydrogen-bond donors (Lipinski definition) is 1. The fraction of sp³-hybridized carbons (Fsp3) is 0.385. The maximum absolute atomic E-state index is 5.26. The first kappa shape index (κ1) is 11.7. The van der Waals surface area contributed by atoms with Crippen LogP contribution in [0.15, 0.2) is 29.3 Å². The molecular formula is C13H16BrNO. The molecule has 1 aliphatic rings. The highest BCUT2D eigenvalue weighted by Gasteiger charge is 2.22. The summed E-state index contributed by atoms with van der Waals surface area (Å²) >= 11 is 3.37. The van der Waals surface area contributed by atoms with Gasteiger partial charge in [-0.15, -0.1) is 0 Å². The van der Waals surface area contributed by atoms with E-state index in [1.807, 2.05) is 6.07 Å². The Morgan fingerprint density at radius 3 is 3.12 bits per heavy atom. The number of nitrogens with one attached hydrogen (secondary N) is 1. The van der Waals surface area contributed by atoms with Crippen molar-refractivity contribution in [2.45, 2.75) is 18.9 Å². The number of halogens is 1. The lowest BCUT2D eigenvalue weighted by molar-refractivity contribution is 0.413. The second-order valence-electron chi connectivity index (χ2n) is 4.05. The maximum Gasteiger partial charge on any atom is 0.119 e. The summed E-state index contributed by atoms with van der Waals surface area (Å²) in [6, 6.07) is 6.76. The van der Waals surface area contributed by atoms with Crippen molar-refractivity contribution in [3.05, 3.63) is 40.4 Å². The third-order valence-electron chi connectivity index (χ3n) is 2.97. The van der Waals surface area contributed by atoms with Gasteiger partial charge in [-0.2, -0.15) is 0 Å². The number of ether oxygens (including phenoxy) is 1. The SMILES string of the molecule is C=C(Br)CNC1CCc2ccc(OC)cc21. The minimum absolute atomic E-state index is 0.430. The Morgan fingerprint density at radius 2 is 2.44 bits per heavy atom. The molecule has 3 heteroatoms. The molecule has 0 heterocycles. The van der Waals surface area contributed by atoms with Gasteiger partial charge in [0, 0.05) is 17.1 Å². The Kier molecular flexibility index (Phi) is 3.66. The van der Waals surface area contributed by atoms with E-state index in [4.69, 9.17) is 4.74 Å². The summed E-state index contributed by atoms with van der Waals surface area (Å²) in [5.74, 6) is 0.935. The van der Waals surface area contributed by atoms with Crippen molar-refractivity contribution in [1.82, 2.24) is 5.32 Å². The van der Waals surface area contributed by atoms with E-state index in [2.05, 4.69) is 40.0 Å². The van der Waals surface area contributed by atoms with Crippen LogP contribution in [-0.4, -0.2) is 13.7 Å². The van der Waals surface area contributed by atoms with Crippen molar-refractivity contribution in [2.24, 2.45) is 0 Å². The largest absolute Gasteiger partial charge is 0.497 e. The quantitative estimate of drug-likeness (QED) is 0.915. The molecule has 0 fully saturated rings. The van der Waals surface area contributed by atoms with Crippen LogP contribution in [0, 0.1) is 0 Å². The summed E-state index contributed by atoms with van der Waals surface area (Å²) in [7, 11) is 1.71. The van der Waals surface area contributed by atoms with E-state index >= 15 is 0 Å². The molecule has 0 radical (unpaired) electrons. The fourth-order valence-corrected chi connectivity index (χ4v) is 2.32. The van der Waals surface area contributed by atoms with Gasteiger partial charge in [-0.3, -0.25) is 0 Å². The van der Waals surface area contributed by atoms with Gasteiger partial charge < -0.3 is 10.1 Å². The molecule has 0 amide bonds. The van der Waals surface area contributed by atoms with Gasteiger partial charge in [0.1, 0.15) is 5.75 Å². The number of hydrogen-bond acceptors (Lipinski definition) is 2. The molecule has 1 N–H and O–H groups in total. The van der Waals surface area contributed by atoms with E-state index in [1.165, 1.54) is 11.1 Å². The minimum Gasteiger partial charge on any atom is -0.497 e. The Labute approximate surface area is 105 Å². The molecule has 2 rings (SSSR count). The fourth-order valence-electron chi connectivity index (χ4n) is 2.15. The molecule has 0 saturated heterocycles. The van der Waals surface area contributed by atoms with E-state index < -0.39 is 0 Å². The van der Waals surface area contributed by atoms with Gasteiger partial charge in [0.05, 0.1) is 7.11 Å². The van der Waals surface area contributed by atoms with Crippen LogP contribution in [-0.2, 0) is 6.42 Å². The van der Waals surface area contributed by atoms with Crippen LogP contribution in [0.3, 0.4) is 0 Å². The summed E-state index contributed by atoms with van der Waals surface area (Å²) in [4.78, 5) is 0. The average molecular weight is 282 g/mol. The molecule has 1 atom stereocenters. The highest BCUT2D eigenvalue weighted by molar-refractivity contribution is 9.11. The summed E-state index contributed by atoms with van der Waals surface area (Å²) in [5.41, 5.74) is 2.80. The highest BCUT2D eigenvalue weighted by atomic mass is 79.9. The molecule has 0 aliphatic heterocycles. The topological polar surface area (TPSA) is 21.3 Å². The molecule has 1 aliphatic carbocycles. The average Bonchev–Trinajstić information content (AvgIpc) is 2.68. The summed E-state index contributed by atoms with van der Waals surface area (Å²) in [6.07, 6.45) is 2.30. The Balaban J connectivity index is 2.14. The molecular weight excluding hydrogens is 266 g/mol. The van der Waals surface area contributed by atoms with E-state index in [1.54, 1.807) is 7.11 Å². The first-order valence-electron chi connectivity index (χ1n) is 5.44. The van der Waals surface area contributed by atoms with Crippen LogP contribution in [0.2, 0.25) is 0 Å². The number of rotatable bonds is 4. The lowest BCUT2D eigenvalue weighted by atomic mass is 10.1. The Bertz CT molecular complexity index is 403. The predicted octanol–water partition coefficient (Wildman–Crippen LogP) is 3.18. The third-order valence-corrected chi connectivity index (χ3v) is 3.25.